The molecule has 0 saturated carbocycles. The Hall–Kier alpha value is -5.41. The number of likely N-dealkylation sites (tertiary alicyclic amines) is 2. The second-order valence-electron chi connectivity index (χ2n) is 16.4. The Bertz CT molecular complexity index is 2170. The molecule has 0 aliphatic carbocycles. The van der Waals surface area contributed by atoms with Crippen molar-refractivity contribution in [2.45, 2.75) is 110 Å². The standard InChI is InChI=1S/C43H54N8O7.4H2/c1-22(2)37(49-43(54)56-7)41(52)50-12-8-10-31(50)39-44-18-29(47-39)25-14-27-20-58-34-17-26(15-28-21-57-33(16-25)35(27)36(28)34)30-19-45-40(48-30)32-11-9-13-51(32)42(53)38(24(5)55-6)46-23(3)4;;;;/h14-19,22-24,31-32,37-38,46H,8-13,20-21H2,1-7H3,(H,44,47)(H,45,48)(H,49,54);4*1H/t24-,31+,32+,37+,38+;;;;/m1..../s1. The summed E-state index contributed by atoms with van der Waals surface area (Å²) in [6, 6.07) is 6.93. The van der Waals surface area contributed by atoms with Gasteiger partial charge in [0.1, 0.15) is 48.4 Å². The molecule has 4 aliphatic rings. The van der Waals surface area contributed by atoms with Crippen LogP contribution in [0.4, 0.5) is 4.79 Å². The van der Waals surface area contributed by atoms with Gasteiger partial charge in [-0.3, -0.25) is 9.59 Å². The van der Waals surface area contributed by atoms with E-state index >= 15 is 0 Å². The number of alkyl carbamates (subject to hydrolysis) is 1. The van der Waals surface area contributed by atoms with Crippen LogP contribution in [-0.4, -0.2) is 99.2 Å². The number of H-pyrrole nitrogens is 2. The predicted octanol–water partition coefficient (Wildman–Crippen LogP) is 7.01. The summed E-state index contributed by atoms with van der Waals surface area (Å²) in [4.78, 5) is 59.8. The van der Waals surface area contributed by atoms with Crippen molar-refractivity contribution in [1.82, 2.24) is 40.4 Å². The van der Waals surface area contributed by atoms with Crippen molar-refractivity contribution in [3.63, 3.8) is 0 Å². The van der Waals surface area contributed by atoms with Gasteiger partial charge in [0.25, 0.3) is 0 Å². The number of rotatable bonds is 12. The van der Waals surface area contributed by atoms with Crippen LogP contribution in [0.3, 0.4) is 0 Å². The second-order valence-corrected chi connectivity index (χ2v) is 16.4. The molecule has 6 heterocycles. The number of nitrogens with one attached hydrogen (secondary N) is 4. The maximum absolute atomic E-state index is 13.8. The van der Waals surface area contributed by atoms with Crippen LogP contribution in [0.15, 0.2) is 36.7 Å². The highest BCUT2D eigenvalue weighted by molar-refractivity contribution is 5.89. The molecular formula is C43H62N8O7. The van der Waals surface area contributed by atoms with Gasteiger partial charge in [0.2, 0.25) is 11.8 Å². The van der Waals surface area contributed by atoms with E-state index in [1.54, 1.807) is 13.3 Å². The molecule has 0 bridgehead atoms. The molecular weight excluding hydrogens is 741 g/mol. The largest absolute Gasteiger partial charge is 0.488 e. The molecule has 58 heavy (non-hydrogen) atoms. The van der Waals surface area contributed by atoms with E-state index in [1.165, 1.54) is 7.11 Å². The van der Waals surface area contributed by atoms with Gasteiger partial charge in [0.15, 0.2) is 0 Å². The van der Waals surface area contributed by atoms with Gasteiger partial charge in [-0.2, -0.15) is 0 Å². The summed E-state index contributed by atoms with van der Waals surface area (Å²) < 4.78 is 23.3. The highest BCUT2D eigenvalue weighted by Gasteiger charge is 2.40. The van der Waals surface area contributed by atoms with E-state index in [1.807, 2.05) is 56.7 Å². The average molecular weight is 803 g/mol. The second kappa shape index (κ2) is 16.1. The summed E-state index contributed by atoms with van der Waals surface area (Å²) in [6.45, 7) is 11.8. The number of carbonyl (C=O) groups excluding carboxylic acids is 3. The lowest BCUT2D eigenvalue weighted by atomic mass is 9.87. The van der Waals surface area contributed by atoms with E-state index in [2.05, 4.69) is 38.8 Å². The topological polar surface area (TPSA) is 176 Å². The Morgan fingerprint density at radius 1 is 0.776 bits per heavy atom. The molecule has 2 aromatic heterocycles. The highest BCUT2D eigenvalue weighted by Crippen LogP contribution is 2.51. The minimum Gasteiger partial charge on any atom is -0.488 e. The number of hydrogen-bond donors (Lipinski definition) is 4. The van der Waals surface area contributed by atoms with Gasteiger partial charge in [-0.1, -0.05) is 27.7 Å². The van der Waals surface area contributed by atoms with Crippen LogP contribution in [-0.2, 0) is 32.3 Å². The number of aromatic amines is 2. The summed E-state index contributed by atoms with van der Waals surface area (Å²) in [7, 11) is 2.93. The molecule has 4 aromatic rings. The van der Waals surface area contributed by atoms with Gasteiger partial charge in [0, 0.05) is 65.3 Å². The van der Waals surface area contributed by atoms with Crippen molar-refractivity contribution < 1.29 is 39.0 Å². The Labute approximate surface area is 344 Å². The molecule has 4 N–H and O–H groups in total. The number of methoxy groups -OCH3 is 2. The molecule has 8 rings (SSSR count). The molecule has 0 spiro atoms. The molecule has 0 radical (unpaired) electrons. The van der Waals surface area contributed by atoms with Gasteiger partial charge >= 0.3 is 6.09 Å². The average Bonchev–Trinajstić information content (AvgIpc) is 4.06. The van der Waals surface area contributed by atoms with Gasteiger partial charge in [-0.05, 0) is 62.8 Å². The molecule has 0 unspecified atom stereocenters. The molecule has 5 atom stereocenters. The normalized spacial score (nSPS) is 19.7. The number of hydrogen-bond acceptors (Lipinski definition) is 10. The first-order chi connectivity index (χ1) is 27.9. The third kappa shape index (κ3) is 7.30. The molecule has 2 aromatic carbocycles. The van der Waals surface area contributed by atoms with Gasteiger partial charge in [-0.25, -0.2) is 14.8 Å². The maximum Gasteiger partial charge on any atom is 0.407 e. The Balaban J connectivity index is 0.00000211. The van der Waals surface area contributed by atoms with Crippen molar-refractivity contribution in [2.75, 3.05) is 27.3 Å². The lowest BCUT2D eigenvalue weighted by molar-refractivity contribution is -0.138. The fourth-order valence-electron chi connectivity index (χ4n) is 8.89. The molecule has 2 fully saturated rings. The molecule has 15 nitrogen and oxygen atoms in total. The number of benzene rings is 2. The number of ether oxygens (including phenoxy) is 4. The fourth-order valence-corrected chi connectivity index (χ4v) is 8.89. The van der Waals surface area contributed by atoms with E-state index in [9.17, 15) is 14.4 Å². The van der Waals surface area contributed by atoms with E-state index in [-0.39, 0.29) is 47.7 Å². The number of carbonyl (C=O) groups is 3. The summed E-state index contributed by atoms with van der Waals surface area (Å²) in [5, 5.41) is 6.11. The molecule has 4 aliphatic heterocycles. The van der Waals surface area contributed by atoms with Crippen LogP contribution >= 0.6 is 0 Å². The monoisotopic (exact) mass is 802 g/mol. The fraction of sp³-hybridized carbons (Fsp3) is 0.512. The van der Waals surface area contributed by atoms with Crippen molar-refractivity contribution in [3.8, 4) is 45.1 Å². The van der Waals surface area contributed by atoms with Crippen molar-refractivity contribution in [3.05, 3.63) is 59.4 Å². The molecule has 15 heteroatoms. The van der Waals surface area contributed by atoms with E-state index in [0.29, 0.717) is 32.1 Å². The summed E-state index contributed by atoms with van der Waals surface area (Å²) in [5.74, 6) is 2.80. The van der Waals surface area contributed by atoms with Gasteiger partial charge < -0.3 is 49.3 Å². The Morgan fingerprint density at radius 3 is 1.72 bits per heavy atom. The summed E-state index contributed by atoms with van der Waals surface area (Å²) in [6.07, 6.45) is 6.06. The lowest BCUT2D eigenvalue weighted by Crippen LogP contribution is -2.54. The van der Waals surface area contributed by atoms with E-state index in [4.69, 9.17) is 28.9 Å². The lowest BCUT2D eigenvalue weighted by Gasteiger charge is -2.32. The van der Waals surface area contributed by atoms with E-state index in [0.717, 1.165) is 87.8 Å². The summed E-state index contributed by atoms with van der Waals surface area (Å²) in [5.41, 5.74) is 7.62. The van der Waals surface area contributed by atoms with Gasteiger partial charge in [-0.15, -0.1) is 0 Å². The predicted molar refractivity (Wildman–Crippen MR) is 224 cm³/mol. The zero-order valence-corrected chi connectivity index (χ0v) is 34.3. The Kier molecular flexibility index (Phi) is 10.9. The van der Waals surface area contributed by atoms with Crippen LogP contribution in [0.5, 0.6) is 11.5 Å². The minimum atomic E-state index is -0.704. The first kappa shape index (κ1) is 39.4. The number of imidazole rings is 2. The quantitative estimate of drug-likeness (QED) is 0.117. The highest BCUT2D eigenvalue weighted by atomic mass is 16.5. The molecule has 3 amide bonds. The van der Waals surface area contributed by atoms with Crippen LogP contribution in [0.25, 0.3) is 33.6 Å². The zero-order valence-electron chi connectivity index (χ0n) is 34.3. The number of nitrogens with zero attached hydrogens (tertiary/aromatic N) is 4. The van der Waals surface area contributed by atoms with Crippen molar-refractivity contribution >= 4 is 17.9 Å². The van der Waals surface area contributed by atoms with Crippen LogP contribution in [0.1, 0.15) is 101 Å². The van der Waals surface area contributed by atoms with Crippen molar-refractivity contribution in [1.29, 1.82) is 0 Å². The van der Waals surface area contributed by atoms with Crippen molar-refractivity contribution in [2.24, 2.45) is 5.92 Å². The third-order valence-electron chi connectivity index (χ3n) is 11.9. The van der Waals surface area contributed by atoms with Gasteiger partial charge in [0.05, 0.1) is 49.1 Å². The smallest absolute Gasteiger partial charge is 0.407 e. The first-order valence-electron chi connectivity index (χ1n) is 20.4. The Morgan fingerprint density at radius 2 is 1.28 bits per heavy atom. The minimum absolute atomic E-state index is 0. The number of aromatic nitrogens is 4. The summed E-state index contributed by atoms with van der Waals surface area (Å²) >= 11 is 0. The first-order valence-corrected chi connectivity index (χ1v) is 20.4. The number of amides is 3. The molecule has 316 valence electrons. The maximum atomic E-state index is 13.8. The third-order valence-corrected chi connectivity index (χ3v) is 11.9. The van der Waals surface area contributed by atoms with Crippen LogP contribution in [0.2, 0.25) is 0 Å². The van der Waals surface area contributed by atoms with E-state index < -0.39 is 18.2 Å². The van der Waals surface area contributed by atoms with Crippen LogP contribution in [0, 0.1) is 5.92 Å². The van der Waals surface area contributed by atoms with Crippen LogP contribution < -0.4 is 20.1 Å². The molecule has 2 saturated heterocycles. The SMILES string of the molecule is COC(=O)N[C@H](C(=O)N1CCC[C@H]1c1ncc(-c2cc3c4c(c2)OCc2cc(-c5cnc([C@@H]6CCCN6C(=O)[C@@H](NC(C)C)[C@@H](C)OC)[nH]5)cc(c2-4)OC3)[nH]1)C(C)C.[HH].[HH].[HH].[HH]. The zero-order chi connectivity index (χ0) is 40.8.